The van der Waals surface area contributed by atoms with Crippen LogP contribution in [-0.2, 0) is 5.75 Å². The number of aryl methyl sites for hydroxylation is 1. The van der Waals surface area contributed by atoms with Gasteiger partial charge in [-0.3, -0.25) is 4.57 Å². The molecule has 0 N–H and O–H groups in total. The third-order valence-corrected chi connectivity index (χ3v) is 6.16. The van der Waals surface area contributed by atoms with Gasteiger partial charge in [-0.15, -0.1) is 10.2 Å². The van der Waals surface area contributed by atoms with Gasteiger partial charge in [0, 0.05) is 16.7 Å². The van der Waals surface area contributed by atoms with Crippen molar-refractivity contribution in [1.29, 1.82) is 0 Å². The van der Waals surface area contributed by atoms with Gasteiger partial charge in [0.25, 0.3) is 0 Å². The summed E-state index contributed by atoms with van der Waals surface area (Å²) in [5, 5.41) is 12.5. The average molecular weight is 408 g/mol. The summed E-state index contributed by atoms with van der Waals surface area (Å²) in [5.74, 6) is 1.71. The fourth-order valence-corrected chi connectivity index (χ4v) is 4.50. The molecule has 0 saturated heterocycles. The summed E-state index contributed by atoms with van der Waals surface area (Å²) < 4.78 is 2.20. The number of nitrogens with zero attached hydrogens (tertiary/aromatic N) is 3. The minimum absolute atomic E-state index is 0.845. The molecule has 0 fully saturated rings. The summed E-state index contributed by atoms with van der Waals surface area (Å²) >= 11 is 1.71. The zero-order valence-corrected chi connectivity index (χ0v) is 17.5. The number of thioether (sulfide) groups is 1. The molecule has 0 radical (unpaired) electrons. The molecule has 4 aromatic carbocycles. The molecule has 30 heavy (non-hydrogen) atoms. The Kier molecular flexibility index (Phi) is 5.08. The van der Waals surface area contributed by atoms with Crippen molar-refractivity contribution >= 4 is 22.5 Å². The zero-order valence-electron chi connectivity index (χ0n) is 16.7. The van der Waals surface area contributed by atoms with Crippen LogP contribution in [0.15, 0.2) is 102 Å². The first-order valence-electron chi connectivity index (χ1n) is 9.97. The lowest BCUT2D eigenvalue weighted by Crippen LogP contribution is -2.01. The highest BCUT2D eigenvalue weighted by Gasteiger charge is 2.18. The van der Waals surface area contributed by atoms with Crippen LogP contribution in [0.5, 0.6) is 0 Å². The van der Waals surface area contributed by atoms with Crippen LogP contribution in [0.3, 0.4) is 0 Å². The maximum absolute atomic E-state index is 4.60. The van der Waals surface area contributed by atoms with Crippen LogP contribution in [0.2, 0.25) is 0 Å². The fraction of sp³-hybridized carbons (Fsp3) is 0.0769. The Hall–Kier alpha value is -3.37. The van der Waals surface area contributed by atoms with Gasteiger partial charge in [-0.05, 0) is 23.9 Å². The summed E-state index contributed by atoms with van der Waals surface area (Å²) in [6, 6.07) is 33.8. The third kappa shape index (κ3) is 3.62. The summed E-state index contributed by atoms with van der Waals surface area (Å²) in [7, 11) is 0. The smallest absolute Gasteiger partial charge is 0.196 e. The molecule has 5 rings (SSSR count). The van der Waals surface area contributed by atoms with E-state index >= 15 is 0 Å². The molecule has 146 valence electrons. The number of benzene rings is 4. The third-order valence-electron chi connectivity index (χ3n) is 5.16. The summed E-state index contributed by atoms with van der Waals surface area (Å²) in [6.45, 7) is 2.10. The van der Waals surface area contributed by atoms with Gasteiger partial charge in [-0.2, -0.15) is 0 Å². The summed E-state index contributed by atoms with van der Waals surface area (Å²) in [6.07, 6.45) is 0. The SMILES string of the molecule is Cc1ccc(-c2nnc(SCc3ccccc3)n2-c2cccc3ccccc23)cc1. The average Bonchev–Trinajstić information content (AvgIpc) is 3.22. The molecule has 0 aliphatic rings. The predicted octanol–water partition coefficient (Wildman–Crippen LogP) is 6.69. The van der Waals surface area contributed by atoms with Gasteiger partial charge in [-0.25, -0.2) is 0 Å². The molecule has 0 amide bonds. The predicted molar refractivity (Wildman–Crippen MR) is 125 cm³/mol. The molecular weight excluding hydrogens is 386 g/mol. The zero-order chi connectivity index (χ0) is 20.3. The van der Waals surface area contributed by atoms with Crippen LogP contribution < -0.4 is 0 Å². The summed E-state index contributed by atoms with van der Waals surface area (Å²) in [5.41, 5.74) is 4.66. The number of aromatic nitrogens is 3. The monoisotopic (exact) mass is 407 g/mol. The van der Waals surface area contributed by atoms with Gasteiger partial charge in [0.05, 0.1) is 5.69 Å². The van der Waals surface area contributed by atoms with Crippen molar-refractivity contribution < 1.29 is 0 Å². The van der Waals surface area contributed by atoms with Crippen LogP contribution in [0.4, 0.5) is 0 Å². The minimum Gasteiger partial charge on any atom is -0.269 e. The van der Waals surface area contributed by atoms with E-state index in [9.17, 15) is 0 Å². The second-order valence-corrected chi connectivity index (χ2v) is 8.22. The van der Waals surface area contributed by atoms with Crippen LogP contribution in [-0.4, -0.2) is 14.8 Å². The van der Waals surface area contributed by atoms with Crippen molar-refractivity contribution in [3.8, 4) is 17.1 Å². The molecule has 3 nitrogen and oxygen atoms in total. The van der Waals surface area contributed by atoms with E-state index in [1.165, 1.54) is 21.9 Å². The normalized spacial score (nSPS) is 11.1. The van der Waals surface area contributed by atoms with Crippen LogP contribution in [0.1, 0.15) is 11.1 Å². The summed E-state index contributed by atoms with van der Waals surface area (Å²) in [4.78, 5) is 0. The van der Waals surface area contributed by atoms with Gasteiger partial charge in [0.1, 0.15) is 0 Å². The maximum Gasteiger partial charge on any atom is 0.196 e. The van der Waals surface area contributed by atoms with E-state index in [1.807, 2.05) is 6.07 Å². The van der Waals surface area contributed by atoms with E-state index in [2.05, 4.69) is 113 Å². The lowest BCUT2D eigenvalue weighted by atomic mass is 10.1. The van der Waals surface area contributed by atoms with Gasteiger partial charge in [0.15, 0.2) is 11.0 Å². The topological polar surface area (TPSA) is 30.7 Å². The fourth-order valence-electron chi connectivity index (χ4n) is 3.60. The van der Waals surface area contributed by atoms with E-state index in [0.29, 0.717) is 0 Å². The Morgan fingerprint density at radius 2 is 1.47 bits per heavy atom. The molecule has 0 atom stereocenters. The Balaban J connectivity index is 1.65. The lowest BCUT2D eigenvalue weighted by molar-refractivity contribution is 0.891. The molecule has 0 unspecified atom stereocenters. The van der Waals surface area contributed by atoms with Gasteiger partial charge < -0.3 is 0 Å². The number of rotatable bonds is 5. The number of hydrogen-bond donors (Lipinski definition) is 0. The lowest BCUT2D eigenvalue weighted by Gasteiger charge is -2.13. The van der Waals surface area contributed by atoms with Gasteiger partial charge in [0.2, 0.25) is 0 Å². The van der Waals surface area contributed by atoms with Crippen molar-refractivity contribution in [1.82, 2.24) is 14.8 Å². The molecular formula is C26H21N3S. The van der Waals surface area contributed by atoms with Crippen molar-refractivity contribution in [3.63, 3.8) is 0 Å². The van der Waals surface area contributed by atoms with E-state index in [-0.39, 0.29) is 0 Å². The van der Waals surface area contributed by atoms with Gasteiger partial charge in [-0.1, -0.05) is 108 Å². The van der Waals surface area contributed by atoms with Crippen molar-refractivity contribution in [2.45, 2.75) is 17.8 Å². The van der Waals surface area contributed by atoms with E-state index in [1.54, 1.807) is 11.8 Å². The largest absolute Gasteiger partial charge is 0.269 e. The Bertz CT molecular complexity index is 1290. The molecule has 4 heteroatoms. The van der Waals surface area contributed by atoms with Crippen LogP contribution in [0, 0.1) is 6.92 Å². The maximum atomic E-state index is 4.60. The number of hydrogen-bond acceptors (Lipinski definition) is 3. The van der Waals surface area contributed by atoms with Crippen LogP contribution >= 0.6 is 11.8 Å². The molecule has 0 bridgehead atoms. The van der Waals surface area contributed by atoms with E-state index in [0.717, 1.165) is 28.0 Å². The first-order valence-corrected chi connectivity index (χ1v) is 11.0. The second-order valence-electron chi connectivity index (χ2n) is 7.28. The molecule has 0 saturated carbocycles. The Morgan fingerprint density at radius 1 is 0.733 bits per heavy atom. The van der Waals surface area contributed by atoms with E-state index in [4.69, 9.17) is 0 Å². The molecule has 1 heterocycles. The highest BCUT2D eigenvalue weighted by Crippen LogP contribution is 2.33. The first-order chi connectivity index (χ1) is 14.8. The van der Waals surface area contributed by atoms with Gasteiger partial charge >= 0.3 is 0 Å². The first kappa shape index (κ1) is 18.6. The van der Waals surface area contributed by atoms with Crippen molar-refractivity contribution in [3.05, 3.63) is 108 Å². The molecule has 0 spiro atoms. The quantitative estimate of drug-likeness (QED) is 0.304. The van der Waals surface area contributed by atoms with E-state index < -0.39 is 0 Å². The van der Waals surface area contributed by atoms with Crippen molar-refractivity contribution in [2.75, 3.05) is 0 Å². The standard InChI is InChI=1S/C26H21N3S/c1-19-14-16-22(17-15-19)25-27-28-26(30-18-20-8-3-2-4-9-20)29(25)24-13-7-11-21-10-5-6-12-23(21)24/h2-17H,18H2,1H3. The van der Waals surface area contributed by atoms with Crippen molar-refractivity contribution in [2.24, 2.45) is 0 Å². The second kappa shape index (κ2) is 8.17. The van der Waals surface area contributed by atoms with Crippen LogP contribution in [0.25, 0.3) is 27.8 Å². The number of fused-ring (bicyclic) bond motifs is 1. The minimum atomic E-state index is 0.845. The molecule has 0 aliphatic heterocycles. The molecule has 1 aromatic heterocycles. The molecule has 5 aromatic rings. The Morgan fingerprint density at radius 3 is 2.30 bits per heavy atom. The highest BCUT2D eigenvalue weighted by molar-refractivity contribution is 7.98. The highest BCUT2D eigenvalue weighted by atomic mass is 32.2. The Labute approximate surface area is 180 Å². The molecule has 0 aliphatic carbocycles.